The van der Waals surface area contributed by atoms with E-state index in [1.807, 2.05) is 30.3 Å². The summed E-state index contributed by atoms with van der Waals surface area (Å²) in [5.74, 6) is 0. The molecule has 2 heterocycles. The monoisotopic (exact) mass is 185 g/mol. The summed E-state index contributed by atoms with van der Waals surface area (Å²) in [6.07, 6.45) is 0. The first-order valence-electron chi connectivity index (χ1n) is 4.21. The number of aromatic nitrogens is 4. The van der Waals surface area contributed by atoms with E-state index in [2.05, 4.69) is 15.5 Å². The maximum atomic E-state index is 5.87. The van der Waals surface area contributed by atoms with Crippen LogP contribution in [0.1, 0.15) is 0 Å². The number of fused-ring (bicyclic) bond motifs is 3. The Balaban J connectivity index is 2.67. The van der Waals surface area contributed by atoms with Gasteiger partial charge in [0.15, 0.2) is 5.65 Å². The second kappa shape index (κ2) is 2.41. The van der Waals surface area contributed by atoms with E-state index in [1.165, 1.54) is 0 Å². The van der Waals surface area contributed by atoms with Crippen LogP contribution in [-0.4, -0.2) is 20.0 Å². The summed E-state index contributed by atoms with van der Waals surface area (Å²) in [7, 11) is 0. The molecule has 0 fully saturated rings. The summed E-state index contributed by atoms with van der Waals surface area (Å²) in [5, 5.41) is 12.4. The van der Waals surface area contributed by atoms with Gasteiger partial charge in [-0.2, -0.15) is 4.52 Å². The first-order valence-corrected chi connectivity index (χ1v) is 4.21. The quantitative estimate of drug-likeness (QED) is 0.527. The van der Waals surface area contributed by atoms with E-state index in [0.717, 1.165) is 10.9 Å². The van der Waals surface area contributed by atoms with Gasteiger partial charge in [0.05, 0.1) is 11.2 Å². The number of nitrogen functional groups attached to an aromatic ring is 1. The second-order valence-corrected chi connectivity index (χ2v) is 3.07. The first kappa shape index (κ1) is 7.25. The van der Waals surface area contributed by atoms with Gasteiger partial charge in [-0.25, -0.2) is 0 Å². The molecule has 68 valence electrons. The Kier molecular flexibility index (Phi) is 1.25. The van der Waals surface area contributed by atoms with Crippen molar-refractivity contribution in [3.05, 3.63) is 30.3 Å². The minimum Gasteiger partial charge on any atom is -0.397 e. The Bertz CT molecular complexity index is 613. The summed E-state index contributed by atoms with van der Waals surface area (Å²) in [5.41, 5.74) is 8.11. The van der Waals surface area contributed by atoms with Crippen molar-refractivity contribution < 1.29 is 0 Å². The molecule has 0 radical (unpaired) electrons. The second-order valence-electron chi connectivity index (χ2n) is 3.07. The number of anilines is 1. The molecular formula is C9H7N5. The Hall–Kier alpha value is -2.17. The van der Waals surface area contributed by atoms with Gasteiger partial charge in [-0.05, 0) is 28.6 Å². The number of nitrogens with two attached hydrogens (primary N) is 1. The van der Waals surface area contributed by atoms with Crippen LogP contribution in [0.15, 0.2) is 30.3 Å². The molecule has 0 aliphatic heterocycles. The lowest BCUT2D eigenvalue weighted by atomic mass is 10.2. The maximum absolute atomic E-state index is 5.87. The van der Waals surface area contributed by atoms with Crippen molar-refractivity contribution in [1.82, 2.24) is 20.0 Å². The van der Waals surface area contributed by atoms with Crippen LogP contribution in [0.4, 0.5) is 5.69 Å². The number of para-hydroxylation sites is 1. The Labute approximate surface area is 79.1 Å². The third-order valence-electron chi connectivity index (χ3n) is 2.22. The zero-order valence-corrected chi connectivity index (χ0v) is 7.25. The molecule has 14 heavy (non-hydrogen) atoms. The fourth-order valence-corrected chi connectivity index (χ4v) is 1.58. The predicted molar refractivity (Wildman–Crippen MR) is 52.7 cm³/mol. The van der Waals surface area contributed by atoms with Crippen molar-refractivity contribution in [2.24, 2.45) is 0 Å². The van der Waals surface area contributed by atoms with Crippen LogP contribution in [0.5, 0.6) is 0 Å². The molecule has 0 unspecified atom stereocenters. The van der Waals surface area contributed by atoms with Gasteiger partial charge in [-0.3, -0.25) is 0 Å². The maximum Gasteiger partial charge on any atom is 0.180 e. The van der Waals surface area contributed by atoms with E-state index in [1.54, 1.807) is 4.52 Å². The summed E-state index contributed by atoms with van der Waals surface area (Å²) in [4.78, 5) is 0. The fraction of sp³-hybridized carbons (Fsp3) is 0. The van der Waals surface area contributed by atoms with Gasteiger partial charge in [0, 0.05) is 5.39 Å². The molecule has 0 aliphatic carbocycles. The Morgan fingerprint density at radius 1 is 1.14 bits per heavy atom. The van der Waals surface area contributed by atoms with Gasteiger partial charge in [-0.15, -0.1) is 5.10 Å². The smallest absolute Gasteiger partial charge is 0.180 e. The molecule has 3 aromatic rings. The number of hydrogen-bond acceptors (Lipinski definition) is 4. The number of tetrazole rings is 1. The number of hydrogen-bond donors (Lipinski definition) is 1. The van der Waals surface area contributed by atoms with E-state index < -0.39 is 0 Å². The van der Waals surface area contributed by atoms with Crippen LogP contribution in [0, 0.1) is 0 Å². The van der Waals surface area contributed by atoms with Crippen molar-refractivity contribution in [2.75, 3.05) is 5.73 Å². The highest BCUT2D eigenvalue weighted by Crippen LogP contribution is 2.20. The molecule has 0 atom stereocenters. The van der Waals surface area contributed by atoms with E-state index in [4.69, 9.17) is 5.73 Å². The zero-order valence-electron chi connectivity index (χ0n) is 7.25. The van der Waals surface area contributed by atoms with Gasteiger partial charge < -0.3 is 5.73 Å². The lowest BCUT2D eigenvalue weighted by Crippen LogP contribution is -1.95. The number of benzene rings is 1. The SMILES string of the molecule is Nc1cccc2ccc3nnnn3c12. The number of rotatable bonds is 0. The summed E-state index contributed by atoms with van der Waals surface area (Å²) >= 11 is 0. The molecule has 1 aromatic carbocycles. The minimum atomic E-state index is 0.681. The standard InChI is InChI=1S/C9H7N5/c10-7-3-1-2-6-4-5-8-11-12-13-14(8)9(6)7/h1-5H,10H2. The molecule has 5 nitrogen and oxygen atoms in total. The van der Waals surface area contributed by atoms with Crippen molar-refractivity contribution >= 4 is 22.2 Å². The molecule has 3 rings (SSSR count). The molecule has 0 saturated carbocycles. The van der Waals surface area contributed by atoms with Crippen LogP contribution in [0.25, 0.3) is 16.6 Å². The highest BCUT2D eigenvalue weighted by molar-refractivity contribution is 5.91. The van der Waals surface area contributed by atoms with Gasteiger partial charge in [0.25, 0.3) is 0 Å². The molecule has 0 bridgehead atoms. The van der Waals surface area contributed by atoms with E-state index >= 15 is 0 Å². The average molecular weight is 185 g/mol. The topological polar surface area (TPSA) is 69.1 Å². The van der Waals surface area contributed by atoms with Crippen LogP contribution in [0.3, 0.4) is 0 Å². The Morgan fingerprint density at radius 2 is 2.07 bits per heavy atom. The molecule has 0 amide bonds. The van der Waals surface area contributed by atoms with Crippen molar-refractivity contribution in [3.8, 4) is 0 Å². The van der Waals surface area contributed by atoms with Crippen molar-refractivity contribution in [2.45, 2.75) is 0 Å². The molecule has 5 heteroatoms. The molecule has 0 aliphatic rings. The predicted octanol–water partition coefficient (Wildman–Crippen LogP) is 0.860. The summed E-state index contributed by atoms with van der Waals surface area (Å²) in [6.45, 7) is 0. The summed E-state index contributed by atoms with van der Waals surface area (Å²) < 4.78 is 1.64. The van der Waals surface area contributed by atoms with E-state index in [0.29, 0.717) is 11.3 Å². The average Bonchev–Trinajstić information content (AvgIpc) is 2.65. The van der Waals surface area contributed by atoms with Gasteiger partial charge in [0.2, 0.25) is 0 Å². The molecular weight excluding hydrogens is 178 g/mol. The largest absolute Gasteiger partial charge is 0.397 e. The highest BCUT2D eigenvalue weighted by atomic mass is 15.5. The molecule has 2 aromatic heterocycles. The van der Waals surface area contributed by atoms with E-state index in [-0.39, 0.29) is 0 Å². The summed E-state index contributed by atoms with van der Waals surface area (Å²) in [6, 6.07) is 9.54. The first-order chi connectivity index (χ1) is 6.86. The molecule has 0 saturated heterocycles. The normalized spacial score (nSPS) is 11.1. The lowest BCUT2D eigenvalue weighted by molar-refractivity contribution is 0.842. The van der Waals surface area contributed by atoms with Gasteiger partial charge in [-0.1, -0.05) is 12.1 Å². The minimum absolute atomic E-state index is 0.681. The van der Waals surface area contributed by atoms with Crippen LogP contribution < -0.4 is 5.73 Å². The van der Waals surface area contributed by atoms with Gasteiger partial charge in [0.1, 0.15) is 0 Å². The van der Waals surface area contributed by atoms with Crippen molar-refractivity contribution in [3.63, 3.8) is 0 Å². The Morgan fingerprint density at radius 3 is 3.00 bits per heavy atom. The number of pyridine rings is 1. The zero-order chi connectivity index (χ0) is 9.54. The van der Waals surface area contributed by atoms with Crippen molar-refractivity contribution in [1.29, 1.82) is 0 Å². The fourth-order valence-electron chi connectivity index (χ4n) is 1.58. The third kappa shape index (κ3) is 0.806. The van der Waals surface area contributed by atoms with Crippen LogP contribution in [0.2, 0.25) is 0 Å². The van der Waals surface area contributed by atoms with Gasteiger partial charge >= 0.3 is 0 Å². The van der Waals surface area contributed by atoms with E-state index in [9.17, 15) is 0 Å². The molecule has 0 spiro atoms. The molecule has 2 N–H and O–H groups in total. The lowest BCUT2D eigenvalue weighted by Gasteiger charge is -2.01. The van der Waals surface area contributed by atoms with Crippen LogP contribution >= 0.6 is 0 Å². The number of nitrogens with zero attached hydrogens (tertiary/aromatic N) is 4. The van der Waals surface area contributed by atoms with Crippen LogP contribution in [-0.2, 0) is 0 Å². The third-order valence-corrected chi connectivity index (χ3v) is 2.22. The highest BCUT2D eigenvalue weighted by Gasteiger charge is 2.04.